The Kier molecular flexibility index (Phi) is 5.16. The number of fused-ring (bicyclic) bond motifs is 1. The highest BCUT2D eigenvalue weighted by molar-refractivity contribution is 5.77. The number of halogens is 2. The van der Waals surface area contributed by atoms with Crippen molar-refractivity contribution in [3.05, 3.63) is 41.3 Å². The van der Waals surface area contributed by atoms with Crippen molar-refractivity contribution in [3.8, 4) is 11.5 Å². The molecule has 0 radical (unpaired) electrons. The molecular weight excluding hydrogens is 366 g/mol. The predicted molar refractivity (Wildman–Crippen MR) is 99.2 cm³/mol. The number of carbonyl (C=O) groups is 1. The minimum atomic E-state index is -0.681. The van der Waals surface area contributed by atoms with Crippen LogP contribution < -0.4 is 5.73 Å². The second kappa shape index (κ2) is 7.60. The lowest BCUT2D eigenvalue weighted by Crippen LogP contribution is -2.42. The van der Waals surface area contributed by atoms with Gasteiger partial charge >= 0.3 is 0 Å². The monoisotopic (exact) mass is 390 g/mol. The third-order valence-corrected chi connectivity index (χ3v) is 5.86. The summed E-state index contributed by atoms with van der Waals surface area (Å²) in [6.45, 7) is 1.51. The van der Waals surface area contributed by atoms with Crippen LogP contribution in [0.1, 0.15) is 30.7 Å². The summed E-state index contributed by atoms with van der Waals surface area (Å²) in [6.07, 6.45) is 2.99. The lowest BCUT2D eigenvalue weighted by atomic mass is 10.1. The second-order valence-electron chi connectivity index (χ2n) is 7.60. The highest BCUT2D eigenvalue weighted by Crippen LogP contribution is 2.29. The number of hydrogen-bond donors (Lipinski definition) is 1. The maximum atomic E-state index is 13.5. The van der Waals surface area contributed by atoms with Crippen molar-refractivity contribution in [1.82, 2.24) is 14.8 Å². The lowest BCUT2D eigenvalue weighted by molar-refractivity contribution is -0.133. The molecule has 3 heterocycles. The maximum Gasteiger partial charge on any atom is 0.226 e. The topological polar surface area (TPSA) is 75.6 Å². The maximum absolute atomic E-state index is 13.5. The molecule has 2 N–H and O–H groups in total. The van der Waals surface area contributed by atoms with E-state index >= 15 is 0 Å². The van der Waals surface area contributed by atoms with Crippen molar-refractivity contribution in [2.24, 2.45) is 5.73 Å². The third-order valence-electron chi connectivity index (χ3n) is 5.86. The van der Waals surface area contributed by atoms with Gasteiger partial charge in [-0.3, -0.25) is 9.69 Å². The van der Waals surface area contributed by atoms with E-state index in [4.69, 9.17) is 10.2 Å². The Labute approximate surface area is 162 Å². The van der Waals surface area contributed by atoms with Gasteiger partial charge in [0.25, 0.3) is 0 Å². The van der Waals surface area contributed by atoms with Gasteiger partial charge in [0.05, 0.1) is 6.54 Å². The van der Waals surface area contributed by atoms with Crippen LogP contribution in [0.5, 0.6) is 0 Å². The van der Waals surface area contributed by atoms with E-state index in [2.05, 4.69) is 9.88 Å². The molecule has 1 aromatic heterocycles. The van der Waals surface area contributed by atoms with Crippen LogP contribution in [-0.4, -0.2) is 52.9 Å². The van der Waals surface area contributed by atoms with Gasteiger partial charge in [-0.2, -0.15) is 0 Å². The van der Waals surface area contributed by atoms with Crippen molar-refractivity contribution in [1.29, 1.82) is 0 Å². The summed E-state index contributed by atoms with van der Waals surface area (Å²) in [7, 11) is 2.03. The zero-order chi connectivity index (χ0) is 19.8. The van der Waals surface area contributed by atoms with Crippen LogP contribution in [0, 0.1) is 11.6 Å². The van der Waals surface area contributed by atoms with E-state index in [1.54, 1.807) is 4.90 Å². The van der Waals surface area contributed by atoms with E-state index in [1.165, 1.54) is 12.1 Å². The van der Waals surface area contributed by atoms with Crippen molar-refractivity contribution in [2.75, 3.05) is 20.1 Å². The summed E-state index contributed by atoms with van der Waals surface area (Å²) in [5.74, 6) is -0.427. The quantitative estimate of drug-likeness (QED) is 0.867. The van der Waals surface area contributed by atoms with Crippen LogP contribution in [-0.2, 0) is 17.8 Å². The number of hydrogen-bond acceptors (Lipinski definition) is 5. The number of nitrogens with two attached hydrogens (primary N) is 1. The molecule has 28 heavy (non-hydrogen) atoms. The van der Waals surface area contributed by atoms with Crippen molar-refractivity contribution in [3.63, 3.8) is 0 Å². The molecule has 2 aromatic rings. The van der Waals surface area contributed by atoms with Gasteiger partial charge in [0, 0.05) is 49.6 Å². The number of likely N-dealkylation sites (tertiary alicyclic amines) is 1. The fraction of sp³-hybridized carbons (Fsp3) is 0.500. The summed E-state index contributed by atoms with van der Waals surface area (Å²) in [4.78, 5) is 21.2. The summed E-state index contributed by atoms with van der Waals surface area (Å²) < 4.78 is 32.6. The Morgan fingerprint density at radius 2 is 1.96 bits per heavy atom. The number of amides is 1. The van der Waals surface area contributed by atoms with Crippen LogP contribution in [0.3, 0.4) is 0 Å². The molecule has 150 valence electrons. The Hall–Kier alpha value is -2.32. The molecule has 6 nitrogen and oxygen atoms in total. The zero-order valence-electron chi connectivity index (χ0n) is 15.8. The number of likely N-dealkylation sites (N-methyl/N-ethyl adjacent to an activating group) is 1. The van der Waals surface area contributed by atoms with Gasteiger partial charge in [-0.25, -0.2) is 13.8 Å². The van der Waals surface area contributed by atoms with Gasteiger partial charge in [-0.05, 0) is 32.0 Å². The van der Waals surface area contributed by atoms with Crippen molar-refractivity contribution >= 4 is 5.91 Å². The first-order valence-corrected chi connectivity index (χ1v) is 9.59. The number of carbonyl (C=O) groups excluding carboxylic acids is 1. The molecular formula is C20H24F2N4O2. The predicted octanol–water partition coefficient (Wildman–Crippen LogP) is 2.32. The summed E-state index contributed by atoms with van der Waals surface area (Å²) in [5.41, 5.74) is 6.69. The first-order valence-electron chi connectivity index (χ1n) is 9.59. The van der Waals surface area contributed by atoms with Crippen molar-refractivity contribution < 1.29 is 18.0 Å². The first-order chi connectivity index (χ1) is 13.4. The van der Waals surface area contributed by atoms with E-state index in [0.29, 0.717) is 50.0 Å². The number of rotatable bonds is 4. The van der Waals surface area contributed by atoms with Crippen molar-refractivity contribution in [2.45, 2.75) is 44.3 Å². The van der Waals surface area contributed by atoms with Crippen LogP contribution in [0.25, 0.3) is 11.5 Å². The SMILES string of the molecule is CN1[C@@H](CN)CC[C@H]1CC(=O)N1CCc2oc(-c3cc(F)cc(F)c3)nc2C1. The van der Waals surface area contributed by atoms with Crippen LogP contribution in [0.4, 0.5) is 8.78 Å². The van der Waals surface area contributed by atoms with E-state index < -0.39 is 11.6 Å². The van der Waals surface area contributed by atoms with E-state index in [9.17, 15) is 13.6 Å². The van der Waals surface area contributed by atoms with Gasteiger partial charge in [-0.1, -0.05) is 0 Å². The highest BCUT2D eigenvalue weighted by Gasteiger charge is 2.33. The highest BCUT2D eigenvalue weighted by atomic mass is 19.1. The molecule has 2 atom stereocenters. The summed E-state index contributed by atoms with van der Waals surface area (Å²) >= 11 is 0. The molecule has 1 aromatic carbocycles. The number of oxazole rings is 1. The number of benzene rings is 1. The average Bonchev–Trinajstić information content (AvgIpc) is 3.24. The molecule has 4 rings (SSSR count). The summed E-state index contributed by atoms with van der Waals surface area (Å²) in [5, 5.41) is 0. The molecule has 1 amide bonds. The Morgan fingerprint density at radius 1 is 1.25 bits per heavy atom. The largest absolute Gasteiger partial charge is 0.441 e. The molecule has 0 unspecified atom stereocenters. The van der Waals surface area contributed by atoms with E-state index in [1.807, 2.05) is 7.05 Å². The lowest BCUT2D eigenvalue weighted by Gasteiger charge is -2.29. The average molecular weight is 390 g/mol. The first kappa shape index (κ1) is 19.0. The second-order valence-corrected chi connectivity index (χ2v) is 7.60. The molecule has 8 heteroatoms. The third kappa shape index (κ3) is 3.66. The normalized spacial score (nSPS) is 22.5. The van der Waals surface area contributed by atoms with Crippen LogP contribution >= 0.6 is 0 Å². The van der Waals surface area contributed by atoms with E-state index in [-0.39, 0.29) is 23.4 Å². The fourth-order valence-corrected chi connectivity index (χ4v) is 4.16. The minimum absolute atomic E-state index is 0.0847. The molecule has 0 spiro atoms. The minimum Gasteiger partial charge on any atom is -0.441 e. The molecule has 0 bridgehead atoms. The van der Waals surface area contributed by atoms with Crippen LogP contribution in [0.15, 0.2) is 22.6 Å². The Morgan fingerprint density at radius 3 is 2.64 bits per heavy atom. The van der Waals surface area contributed by atoms with Crippen LogP contribution in [0.2, 0.25) is 0 Å². The van der Waals surface area contributed by atoms with Gasteiger partial charge in [0.1, 0.15) is 23.1 Å². The smallest absolute Gasteiger partial charge is 0.226 e. The Bertz CT molecular complexity index is 865. The summed E-state index contributed by atoms with van der Waals surface area (Å²) in [6, 6.07) is 3.74. The number of nitrogens with zero attached hydrogens (tertiary/aromatic N) is 3. The fourth-order valence-electron chi connectivity index (χ4n) is 4.16. The zero-order valence-corrected chi connectivity index (χ0v) is 15.8. The van der Waals surface area contributed by atoms with Gasteiger partial charge < -0.3 is 15.1 Å². The number of aromatic nitrogens is 1. The van der Waals surface area contributed by atoms with Gasteiger partial charge in [-0.15, -0.1) is 0 Å². The standard InChI is InChI=1S/C20H24F2N4O2/c1-25-15(2-3-16(25)10-23)9-19(27)26-5-4-18-17(11-26)24-20(28-18)12-6-13(21)8-14(22)7-12/h6-8,15-16H,2-5,9-11,23H2,1H3/t15-,16+/m0/s1. The molecule has 1 fully saturated rings. The molecule has 2 aliphatic rings. The van der Waals surface area contributed by atoms with Gasteiger partial charge in [0.15, 0.2) is 0 Å². The molecule has 1 saturated heterocycles. The molecule has 0 aliphatic carbocycles. The molecule has 2 aliphatic heterocycles. The van der Waals surface area contributed by atoms with Gasteiger partial charge in [0.2, 0.25) is 11.8 Å². The molecule has 0 saturated carbocycles. The Balaban J connectivity index is 1.45. The van der Waals surface area contributed by atoms with E-state index in [0.717, 1.165) is 18.9 Å².